The van der Waals surface area contributed by atoms with Gasteiger partial charge in [0, 0.05) is 0 Å². The highest BCUT2D eigenvalue weighted by Gasteiger charge is 2.61. The summed E-state index contributed by atoms with van der Waals surface area (Å²) in [5, 5.41) is 0. The van der Waals surface area contributed by atoms with E-state index < -0.39 is 0 Å². The van der Waals surface area contributed by atoms with Crippen molar-refractivity contribution in [3.05, 3.63) is 0 Å². The first-order chi connectivity index (χ1) is 13.2. The molecule has 7 unspecified atom stereocenters. The number of hydrogen-bond acceptors (Lipinski definition) is 2. The lowest BCUT2D eigenvalue weighted by molar-refractivity contribution is -0.178. The van der Waals surface area contributed by atoms with Crippen LogP contribution in [0.4, 0.5) is 0 Å². The second-order valence-electron chi connectivity index (χ2n) is 11.6. The van der Waals surface area contributed by atoms with E-state index >= 15 is 0 Å². The molecule has 2 heteroatoms. The summed E-state index contributed by atoms with van der Waals surface area (Å²) in [5.41, 5.74) is 0. The first kappa shape index (κ1) is 17.3. The Balaban J connectivity index is 1.17. The van der Waals surface area contributed by atoms with E-state index in [0.29, 0.717) is 17.8 Å². The van der Waals surface area contributed by atoms with Crippen molar-refractivity contribution in [3.63, 3.8) is 0 Å². The van der Waals surface area contributed by atoms with Gasteiger partial charge < -0.3 is 4.74 Å². The highest BCUT2D eigenvalue weighted by atomic mass is 16.5. The fraction of sp³-hybridized carbons (Fsp3) is 0.960. The standard InChI is InChI=1S/C25H38O2/c1-3-15-10-16(4-2)23-20-11-17(22(15)23)12-21(20)25(26)27-24-18-6-13-5-14(8-18)9-19(24)7-13/h13-24H,3-12H2,1-2H3. The van der Waals surface area contributed by atoms with Crippen LogP contribution >= 0.6 is 0 Å². The second-order valence-corrected chi connectivity index (χ2v) is 11.6. The summed E-state index contributed by atoms with van der Waals surface area (Å²) in [6.45, 7) is 4.78. The van der Waals surface area contributed by atoms with Gasteiger partial charge >= 0.3 is 5.97 Å². The quantitative estimate of drug-likeness (QED) is 0.593. The predicted octanol–water partition coefficient (Wildman–Crippen LogP) is 5.70. The molecule has 0 aromatic carbocycles. The zero-order valence-corrected chi connectivity index (χ0v) is 17.3. The van der Waals surface area contributed by atoms with Crippen molar-refractivity contribution in [2.75, 3.05) is 0 Å². The minimum Gasteiger partial charge on any atom is -0.462 e. The molecule has 7 aliphatic carbocycles. The molecule has 0 aromatic rings. The highest BCUT2D eigenvalue weighted by Crippen LogP contribution is 2.66. The number of hydrogen-bond donors (Lipinski definition) is 0. The van der Waals surface area contributed by atoms with E-state index in [1.165, 1.54) is 57.8 Å². The van der Waals surface area contributed by atoms with E-state index in [4.69, 9.17) is 4.74 Å². The van der Waals surface area contributed by atoms with Gasteiger partial charge in [-0.1, -0.05) is 26.7 Å². The third kappa shape index (κ3) is 2.46. The fourth-order valence-corrected chi connectivity index (χ4v) is 9.95. The van der Waals surface area contributed by atoms with E-state index in [2.05, 4.69) is 13.8 Å². The number of fused-ring (bicyclic) bond motifs is 5. The normalized spacial score (nSPS) is 57.3. The van der Waals surface area contributed by atoms with Gasteiger partial charge in [0.15, 0.2) is 0 Å². The van der Waals surface area contributed by atoms with E-state index in [0.717, 1.165) is 47.8 Å². The van der Waals surface area contributed by atoms with Crippen LogP contribution in [-0.2, 0) is 9.53 Å². The fourth-order valence-electron chi connectivity index (χ4n) is 9.95. The molecule has 0 saturated heterocycles. The Bertz CT molecular complexity index is 583. The lowest BCUT2D eigenvalue weighted by Gasteiger charge is -2.53. The molecule has 7 atom stereocenters. The molecule has 150 valence electrons. The smallest absolute Gasteiger partial charge is 0.309 e. The summed E-state index contributed by atoms with van der Waals surface area (Å²) in [6.07, 6.45) is 13.8. The van der Waals surface area contributed by atoms with Crippen LogP contribution in [-0.4, -0.2) is 12.1 Å². The molecule has 6 bridgehead atoms. The molecule has 7 saturated carbocycles. The molecule has 7 rings (SSSR count). The molecule has 0 spiro atoms. The van der Waals surface area contributed by atoms with Crippen LogP contribution in [0.5, 0.6) is 0 Å². The van der Waals surface area contributed by atoms with Crippen molar-refractivity contribution in [2.45, 2.75) is 84.2 Å². The number of carbonyl (C=O) groups excluding carboxylic acids is 1. The summed E-state index contributed by atoms with van der Waals surface area (Å²) in [7, 11) is 0. The molecule has 7 aliphatic rings. The summed E-state index contributed by atoms with van der Waals surface area (Å²) in [5.74, 6) is 8.90. The number of carbonyl (C=O) groups is 1. The largest absolute Gasteiger partial charge is 0.462 e. The minimum atomic E-state index is 0.230. The zero-order valence-electron chi connectivity index (χ0n) is 17.3. The predicted molar refractivity (Wildman–Crippen MR) is 106 cm³/mol. The van der Waals surface area contributed by atoms with E-state index in [1.54, 1.807) is 0 Å². The topological polar surface area (TPSA) is 26.3 Å². The SMILES string of the molecule is CCC1CC(CC)C2C3CC(CC3C(=O)OC3C4CC5CC(C4)CC3C5)C12. The molecule has 7 fully saturated rings. The molecular formula is C25H38O2. The monoisotopic (exact) mass is 370 g/mol. The molecule has 0 aliphatic heterocycles. The van der Waals surface area contributed by atoms with Gasteiger partial charge in [-0.05, 0) is 111 Å². The molecule has 0 aromatic heterocycles. The van der Waals surface area contributed by atoms with E-state index in [1.807, 2.05) is 0 Å². The Kier molecular flexibility index (Phi) is 4.00. The average molecular weight is 371 g/mol. The molecule has 0 amide bonds. The summed E-state index contributed by atoms with van der Waals surface area (Å²) >= 11 is 0. The first-order valence-electron chi connectivity index (χ1n) is 12.4. The Morgan fingerprint density at radius 3 is 2.00 bits per heavy atom. The number of ether oxygens (including phenoxy) is 1. The second kappa shape index (κ2) is 6.23. The Morgan fingerprint density at radius 2 is 1.37 bits per heavy atom. The van der Waals surface area contributed by atoms with Gasteiger partial charge in [0.05, 0.1) is 5.92 Å². The van der Waals surface area contributed by atoms with E-state index in [9.17, 15) is 4.79 Å². The maximum atomic E-state index is 13.3. The minimum absolute atomic E-state index is 0.230. The lowest BCUT2D eigenvalue weighted by atomic mass is 9.55. The van der Waals surface area contributed by atoms with Crippen molar-refractivity contribution < 1.29 is 9.53 Å². The molecule has 2 nitrogen and oxygen atoms in total. The van der Waals surface area contributed by atoms with Gasteiger partial charge in [0.1, 0.15) is 6.10 Å². The van der Waals surface area contributed by atoms with Crippen molar-refractivity contribution in [1.29, 1.82) is 0 Å². The molecule has 0 radical (unpaired) electrons. The lowest BCUT2D eigenvalue weighted by Crippen LogP contribution is -2.50. The van der Waals surface area contributed by atoms with Crippen LogP contribution in [0.1, 0.15) is 78.1 Å². The van der Waals surface area contributed by atoms with Crippen LogP contribution in [0.15, 0.2) is 0 Å². The van der Waals surface area contributed by atoms with Crippen LogP contribution in [0, 0.1) is 65.1 Å². The van der Waals surface area contributed by atoms with Gasteiger partial charge in [-0.25, -0.2) is 0 Å². The van der Waals surface area contributed by atoms with Crippen LogP contribution < -0.4 is 0 Å². The van der Waals surface area contributed by atoms with Crippen molar-refractivity contribution in [1.82, 2.24) is 0 Å². The Morgan fingerprint density at radius 1 is 0.741 bits per heavy atom. The van der Waals surface area contributed by atoms with Crippen LogP contribution in [0.3, 0.4) is 0 Å². The third-order valence-electron chi connectivity index (χ3n) is 10.6. The number of rotatable bonds is 4. The summed E-state index contributed by atoms with van der Waals surface area (Å²) in [4.78, 5) is 13.3. The maximum Gasteiger partial charge on any atom is 0.309 e. The Hall–Kier alpha value is -0.530. The van der Waals surface area contributed by atoms with Crippen molar-refractivity contribution >= 4 is 5.97 Å². The highest BCUT2D eigenvalue weighted by molar-refractivity contribution is 5.74. The van der Waals surface area contributed by atoms with Gasteiger partial charge in [0.25, 0.3) is 0 Å². The molecule has 27 heavy (non-hydrogen) atoms. The first-order valence-corrected chi connectivity index (χ1v) is 12.4. The van der Waals surface area contributed by atoms with Gasteiger partial charge in [-0.15, -0.1) is 0 Å². The van der Waals surface area contributed by atoms with E-state index in [-0.39, 0.29) is 18.0 Å². The van der Waals surface area contributed by atoms with Gasteiger partial charge in [-0.2, -0.15) is 0 Å². The van der Waals surface area contributed by atoms with Crippen LogP contribution in [0.25, 0.3) is 0 Å². The van der Waals surface area contributed by atoms with Crippen molar-refractivity contribution in [3.8, 4) is 0 Å². The third-order valence-corrected chi connectivity index (χ3v) is 10.6. The van der Waals surface area contributed by atoms with Crippen LogP contribution in [0.2, 0.25) is 0 Å². The maximum absolute atomic E-state index is 13.3. The molecule has 0 heterocycles. The average Bonchev–Trinajstić information content (AvgIpc) is 3.34. The summed E-state index contributed by atoms with van der Waals surface area (Å²) < 4.78 is 6.40. The zero-order chi connectivity index (χ0) is 18.3. The molecule has 0 N–H and O–H groups in total. The summed E-state index contributed by atoms with van der Waals surface area (Å²) in [6, 6.07) is 0. The van der Waals surface area contributed by atoms with Gasteiger partial charge in [-0.3, -0.25) is 4.79 Å². The number of esters is 1. The van der Waals surface area contributed by atoms with Crippen molar-refractivity contribution in [2.24, 2.45) is 65.1 Å². The molecular weight excluding hydrogens is 332 g/mol. The Labute approximate surface area is 165 Å². The van der Waals surface area contributed by atoms with Gasteiger partial charge in [0.2, 0.25) is 0 Å².